The van der Waals surface area contributed by atoms with E-state index in [1.807, 2.05) is 36.4 Å². The number of pyridine rings is 2. The fourth-order valence-electron chi connectivity index (χ4n) is 0.696. The maximum atomic E-state index is 4.01. The molecular weight excluding hydrogens is 308 g/mol. The molecule has 0 fully saturated rings. The lowest BCUT2D eigenvalue weighted by Crippen LogP contribution is -1.72. The first-order chi connectivity index (χ1) is 6.79. The van der Waals surface area contributed by atoms with E-state index in [9.17, 15) is 0 Å². The third-order valence-electron chi connectivity index (χ3n) is 1.25. The molecule has 2 rings (SSSR count). The fraction of sp³-hybridized carbons (Fsp3) is 0. The van der Waals surface area contributed by atoms with Gasteiger partial charge in [0.15, 0.2) is 0 Å². The van der Waals surface area contributed by atoms with Gasteiger partial charge in [-0.25, -0.2) is 4.98 Å². The van der Waals surface area contributed by atoms with Crippen molar-refractivity contribution in [2.75, 3.05) is 0 Å². The summed E-state index contributed by atoms with van der Waals surface area (Å²) in [4.78, 5) is 7.79. The van der Waals surface area contributed by atoms with Crippen LogP contribution in [0.25, 0.3) is 0 Å². The molecule has 0 saturated heterocycles. The van der Waals surface area contributed by atoms with E-state index in [2.05, 4.69) is 41.8 Å². The molecule has 14 heavy (non-hydrogen) atoms. The highest BCUT2D eigenvalue weighted by Crippen LogP contribution is 2.10. The molecule has 0 bridgehead atoms. The summed E-state index contributed by atoms with van der Waals surface area (Å²) in [6, 6.07) is 11.4. The molecule has 0 aliphatic heterocycles. The second-order valence-electron chi connectivity index (χ2n) is 2.31. The Morgan fingerprint density at radius 1 is 0.786 bits per heavy atom. The maximum absolute atomic E-state index is 4.01. The Morgan fingerprint density at radius 3 is 1.57 bits per heavy atom. The summed E-state index contributed by atoms with van der Waals surface area (Å²) in [6.07, 6.45) is 3.50. The molecule has 0 aliphatic rings. The smallest absolute Gasteiger partial charge is 0.107 e. The van der Waals surface area contributed by atoms with Crippen LogP contribution >= 0.6 is 31.9 Å². The van der Waals surface area contributed by atoms with Crippen LogP contribution in [-0.4, -0.2) is 9.97 Å². The molecular formula is C10H8Br2N2. The zero-order valence-electron chi connectivity index (χ0n) is 7.27. The molecule has 0 aliphatic carbocycles. The van der Waals surface area contributed by atoms with Gasteiger partial charge in [0.2, 0.25) is 0 Å². The molecule has 0 amide bonds. The van der Waals surface area contributed by atoms with Gasteiger partial charge in [0.05, 0.1) is 0 Å². The highest BCUT2D eigenvalue weighted by atomic mass is 79.9. The molecule has 2 heterocycles. The van der Waals surface area contributed by atoms with Gasteiger partial charge >= 0.3 is 0 Å². The van der Waals surface area contributed by atoms with Crippen molar-refractivity contribution < 1.29 is 0 Å². The van der Waals surface area contributed by atoms with Crippen molar-refractivity contribution in [2.24, 2.45) is 0 Å². The van der Waals surface area contributed by atoms with Crippen molar-refractivity contribution >= 4 is 31.9 Å². The third-order valence-corrected chi connectivity index (χ3v) is 2.13. The molecule has 0 saturated carbocycles. The summed E-state index contributed by atoms with van der Waals surface area (Å²) in [5.41, 5.74) is 0. The Kier molecular flexibility index (Phi) is 5.40. The van der Waals surface area contributed by atoms with Crippen LogP contribution < -0.4 is 0 Å². The predicted molar refractivity (Wildman–Crippen MR) is 63.9 cm³/mol. The zero-order chi connectivity index (χ0) is 10.2. The number of aromatic nitrogens is 2. The van der Waals surface area contributed by atoms with E-state index < -0.39 is 0 Å². The van der Waals surface area contributed by atoms with Crippen LogP contribution in [0.2, 0.25) is 0 Å². The second kappa shape index (κ2) is 6.68. The van der Waals surface area contributed by atoms with Gasteiger partial charge in [-0.1, -0.05) is 12.1 Å². The lowest BCUT2D eigenvalue weighted by Gasteiger charge is -1.86. The quantitative estimate of drug-likeness (QED) is 0.693. The van der Waals surface area contributed by atoms with Crippen molar-refractivity contribution in [1.82, 2.24) is 9.97 Å². The molecule has 2 aromatic rings. The van der Waals surface area contributed by atoms with Gasteiger partial charge in [-0.15, -0.1) is 0 Å². The van der Waals surface area contributed by atoms with Crippen LogP contribution in [0.3, 0.4) is 0 Å². The lowest BCUT2D eigenvalue weighted by atomic mass is 10.5. The van der Waals surface area contributed by atoms with Gasteiger partial charge in [-0.05, 0) is 56.1 Å². The summed E-state index contributed by atoms with van der Waals surface area (Å²) in [5, 5.41) is 0. The second-order valence-corrected chi connectivity index (χ2v) is 3.93. The first-order valence-corrected chi connectivity index (χ1v) is 5.50. The Balaban J connectivity index is 0.000000146. The number of hydrogen-bond donors (Lipinski definition) is 0. The molecule has 0 spiro atoms. The van der Waals surface area contributed by atoms with Crippen molar-refractivity contribution in [3.05, 3.63) is 58.0 Å². The number of rotatable bonds is 0. The molecule has 0 atom stereocenters. The largest absolute Gasteiger partial charge is 0.265 e. The Bertz CT molecular complexity index is 322. The molecule has 72 valence electrons. The van der Waals surface area contributed by atoms with Crippen LogP contribution in [0.5, 0.6) is 0 Å². The first-order valence-electron chi connectivity index (χ1n) is 3.92. The molecule has 2 nitrogen and oxygen atoms in total. The Morgan fingerprint density at radius 2 is 1.36 bits per heavy atom. The third kappa shape index (κ3) is 5.09. The van der Waals surface area contributed by atoms with Gasteiger partial charge in [0.25, 0.3) is 0 Å². The topological polar surface area (TPSA) is 25.8 Å². The Labute approximate surface area is 99.7 Å². The zero-order valence-corrected chi connectivity index (χ0v) is 10.4. The minimum Gasteiger partial charge on any atom is -0.265 e. The van der Waals surface area contributed by atoms with Crippen molar-refractivity contribution in [2.45, 2.75) is 0 Å². The summed E-state index contributed by atoms with van der Waals surface area (Å²) in [5.74, 6) is 0. The SMILES string of the molecule is Brc1cccc(Br)n1.c1ccncc1. The average Bonchev–Trinajstić information content (AvgIpc) is 2.21. The van der Waals surface area contributed by atoms with E-state index in [4.69, 9.17) is 0 Å². The highest BCUT2D eigenvalue weighted by Gasteiger charge is 1.85. The molecule has 0 N–H and O–H groups in total. The van der Waals surface area contributed by atoms with Gasteiger partial charge in [-0.2, -0.15) is 0 Å². The minimum atomic E-state index is 0.854. The lowest BCUT2D eigenvalue weighted by molar-refractivity contribution is 1.23. The number of nitrogens with zero attached hydrogens (tertiary/aromatic N) is 2. The molecule has 4 heteroatoms. The van der Waals surface area contributed by atoms with Crippen LogP contribution in [-0.2, 0) is 0 Å². The fourth-order valence-corrected chi connectivity index (χ4v) is 1.62. The molecule has 2 aromatic heterocycles. The predicted octanol–water partition coefficient (Wildman–Crippen LogP) is 3.69. The van der Waals surface area contributed by atoms with Crippen LogP contribution in [0, 0.1) is 0 Å². The normalized spacial score (nSPS) is 8.71. The standard InChI is InChI=1S/C5H3Br2N.C5H5N/c6-4-2-1-3-5(7)8-4;1-2-4-6-5-3-1/h1-3H;1-5H. The first kappa shape index (κ1) is 11.3. The highest BCUT2D eigenvalue weighted by molar-refractivity contribution is 9.11. The van der Waals surface area contributed by atoms with Crippen molar-refractivity contribution in [3.8, 4) is 0 Å². The number of halogens is 2. The molecule has 0 radical (unpaired) electrons. The maximum Gasteiger partial charge on any atom is 0.107 e. The van der Waals surface area contributed by atoms with E-state index in [-0.39, 0.29) is 0 Å². The van der Waals surface area contributed by atoms with E-state index in [0.29, 0.717) is 0 Å². The average molecular weight is 316 g/mol. The molecule has 0 aromatic carbocycles. The van der Waals surface area contributed by atoms with Gasteiger partial charge < -0.3 is 0 Å². The summed E-state index contributed by atoms with van der Waals surface area (Å²) in [6.45, 7) is 0. The van der Waals surface area contributed by atoms with Gasteiger partial charge in [0.1, 0.15) is 9.21 Å². The summed E-state index contributed by atoms with van der Waals surface area (Å²) in [7, 11) is 0. The summed E-state index contributed by atoms with van der Waals surface area (Å²) >= 11 is 6.44. The van der Waals surface area contributed by atoms with Crippen LogP contribution in [0.4, 0.5) is 0 Å². The van der Waals surface area contributed by atoms with Crippen molar-refractivity contribution in [3.63, 3.8) is 0 Å². The van der Waals surface area contributed by atoms with E-state index in [1.54, 1.807) is 12.4 Å². The number of hydrogen-bond acceptors (Lipinski definition) is 2. The van der Waals surface area contributed by atoms with Crippen LogP contribution in [0.1, 0.15) is 0 Å². The van der Waals surface area contributed by atoms with E-state index >= 15 is 0 Å². The van der Waals surface area contributed by atoms with E-state index in [0.717, 1.165) is 9.21 Å². The van der Waals surface area contributed by atoms with Crippen molar-refractivity contribution in [1.29, 1.82) is 0 Å². The van der Waals surface area contributed by atoms with E-state index in [1.165, 1.54) is 0 Å². The Hall–Kier alpha value is -0.740. The monoisotopic (exact) mass is 314 g/mol. The van der Waals surface area contributed by atoms with Crippen LogP contribution in [0.15, 0.2) is 58.0 Å². The summed E-state index contributed by atoms with van der Waals surface area (Å²) < 4.78 is 1.71. The molecule has 0 unspecified atom stereocenters. The van der Waals surface area contributed by atoms with Gasteiger partial charge in [0, 0.05) is 12.4 Å². The minimum absolute atomic E-state index is 0.854. The van der Waals surface area contributed by atoms with Gasteiger partial charge in [-0.3, -0.25) is 4.98 Å².